The molecular weight excluding hydrogens is 192 g/mol. The summed E-state index contributed by atoms with van der Waals surface area (Å²) in [4.78, 5) is 0. The van der Waals surface area contributed by atoms with Crippen LogP contribution in [0.4, 0.5) is 0 Å². The van der Waals surface area contributed by atoms with Crippen LogP contribution in [0.15, 0.2) is 36.4 Å². The van der Waals surface area contributed by atoms with Crippen LogP contribution in [0.2, 0.25) is 0 Å². The fourth-order valence-corrected chi connectivity index (χ4v) is 1.86. The van der Waals surface area contributed by atoms with Crippen molar-refractivity contribution < 1.29 is 5.11 Å². The van der Waals surface area contributed by atoms with E-state index in [1.165, 1.54) is 0 Å². The molecule has 0 radical (unpaired) electrons. The standard InChI is InChI=1S/C12H16OS/c1-12(13,10-14-2)9-8-11-6-4-3-5-7-11/h3-9,13H,10H2,1-2H3/b9-8+. The van der Waals surface area contributed by atoms with Gasteiger partial charge in [-0.3, -0.25) is 0 Å². The Morgan fingerprint density at radius 3 is 2.57 bits per heavy atom. The number of thioether (sulfide) groups is 1. The smallest absolute Gasteiger partial charge is 0.0892 e. The molecule has 0 heterocycles. The Hall–Kier alpha value is -0.730. The fraction of sp³-hybridized carbons (Fsp3) is 0.333. The van der Waals surface area contributed by atoms with E-state index in [2.05, 4.69) is 0 Å². The number of aliphatic hydroxyl groups is 1. The Morgan fingerprint density at radius 1 is 1.36 bits per heavy atom. The first-order valence-corrected chi connectivity index (χ1v) is 5.99. The molecule has 0 bridgehead atoms. The van der Waals surface area contributed by atoms with Gasteiger partial charge in [0.25, 0.3) is 0 Å². The van der Waals surface area contributed by atoms with Crippen molar-refractivity contribution in [3.8, 4) is 0 Å². The SMILES string of the molecule is CSCC(C)(O)/C=C/c1ccccc1. The van der Waals surface area contributed by atoms with Gasteiger partial charge in [-0.1, -0.05) is 42.5 Å². The molecule has 76 valence electrons. The normalized spacial score (nSPS) is 15.6. The largest absolute Gasteiger partial charge is 0.385 e. The van der Waals surface area contributed by atoms with Gasteiger partial charge in [0.1, 0.15) is 0 Å². The first kappa shape index (κ1) is 11.3. The summed E-state index contributed by atoms with van der Waals surface area (Å²) in [5.41, 5.74) is 0.406. The Kier molecular flexibility index (Phi) is 4.23. The highest BCUT2D eigenvalue weighted by atomic mass is 32.2. The number of benzene rings is 1. The summed E-state index contributed by atoms with van der Waals surface area (Å²) in [6, 6.07) is 10.0. The molecule has 1 unspecified atom stereocenters. The number of hydrogen-bond donors (Lipinski definition) is 1. The molecule has 0 saturated carbocycles. The third-order valence-corrected chi connectivity index (χ3v) is 2.74. The first-order chi connectivity index (χ1) is 6.64. The van der Waals surface area contributed by atoms with E-state index in [1.54, 1.807) is 11.8 Å². The molecule has 1 aromatic rings. The molecule has 0 aliphatic carbocycles. The van der Waals surface area contributed by atoms with E-state index in [0.29, 0.717) is 0 Å². The zero-order valence-corrected chi connectivity index (χ0v) is 9.42. The fourth-order valence-electron chi connectivity index (χ4n) is 1.18. The van der Waals surface area contributed by atoms with Crippen LogP contribution >= 0.6 is 11.8 Å². The van der Waals surface area contributed by atoms with Crippen molar-refractivity contribution in [3.05, 3.63) is 42.0 Å². The lowest BCUT2D eigenvalue weighted by atomic mass is 10.1. The minimum Gasteiger partial charge on any atom is -0.385 e. The Morgan fingerprint density at radius 2 is 2.00 bits per heavy atom. The van der Waals surface area contributed by atoms with Gasteiger partial charge in [0.05, 0.1) is 5.60 Å². The lowest BCUT2D eigenvalue weighted by Gasteiger charge is -2.16. The van der Waals surface area contributed by atoms with Gasteiger partial charge < -0.3 is 5.11 Å². The highest BCUT2D eigenvalue weighted by Crippen LogP contribution is 2.14. The van der Waals surface area contributed by atoms with Crippen molar-refractivity contribution in [1.82, 2.24) is 0 Å². The van der Waals surface area contributed by atoms with Crippen LogP contribution in [0.3, 0.4) is 0 Å². The summed E-state index contributed by atoms with van der Waals surface area (Å²) >= 11 is 1.64. The molecule has 0 aliphatic heterocycles. The second-order valence-corrected chi connectivity index (χ2v) is 4.40. The molecule has 14 heavy (non-hydrogen) atoms. The lowest BCUT2D eigenvalue weighted by molar-refractivity contribution is 0.139. The molecule has 1 atom stereocenters. The van der Waals surface area contributed by atoms with Crippen LogP contribution in [0.5, 0.6) is 0 Å². The zero-order chi connectivity index (χ0) is 10.4. The average Bonchev–Trinajstić information content (AvgIpc) is 2.17. The molecular formula is C12H16OS. The Labute approximate surface area is 89.8 Å². The van der Waals surface area contributed by atoms with Gasteiger partial charge in [-0.25, -0.2) is 0 Å². The third-order valence-electron chi connectivity index (χ3n) is 1.87. The number of rotatable bonds is 4. The second-order valence-electron chi connectivity index (χ2n) is 3.53. The monoisotopic (exact) mass is 208 g/mol. The van der Waals surface area contributed by atoms with Gasteiger partial charge in [0, 0.05) is 5.75 Å². The summed E-state index contributed by atoms with van der Waals surface area (Å²) in [6.45, 7) is 1.82. The van der Waals surface area contributed by atoms with E-state index in [9.17, 15) is 5.11 Å². The highest BCUT2D eigenvalue weighted by Gasteiger charge is 2.14. The zero-order valence-electron chi connectivity index (χ0n) is 8.60. The molecule has 0 fully saturated rings. The van der Waals surface area contributed by atoms with Crippen LogP contribution in [0.25, 0.3) is 6.08 Å². The van der Waals surface area contributed by atoms with E-state index in [-0.39, 0.29) is 0 Å². The summed E-state index contributed by atoms with van der Waals surface area (Å²) in [5, 5.41) is 9.87. The van der Waals surface area contributed by atoms with Gasteiger partial charge in [0.15, 0.2) is 0 Å². The molecule has 1 rings (SSSR count). The molecule has 1 aromatic carbocycles. The first-order valence-electron chi connectivity index (χ1n) is 4.60. The molecule has 0 spiro atoms. The minimum absolute atomic E-state index is 0.713. The Balaban J connectivity index is 2.64. The summed E-state index contributed by atoms with van der Waals surface area (Å²) < 4.78 is 0. The van der Waals surface area contributed by atoms with E-state index in [0.717, 1.165) is 11.3 Å². The van der Waals surface area contributed by atoms with Crippen LogP contribution in [-0.2, 0) is 0 Å². The quantitative estimate of drug-likeness (QED) is 0.821. The van der Waals surface area contributed by atoms with Crippen molar-refractivity contribution in [1.29, 1.82) is 0 Å². The Bertz CT molecular complexity index is 290. The van der Waals surface area contributed by atoms with Crippen molar-refractivity contribution in [2.45, 2.75) is 12.5 Å². The van der Waals surface area contributed by atoms with Gasteiger partial charge in [-0.15, -0.1) is 0 Å². The molecule has 1 N–H and O–H groups in total. The maximum absolute atomic E-state index is 9.87. The maximum Gasteiger partial charge on any atom is 0.0892 e. The van der Waals surface area contributed by atoms with Crippen molar-refractivity contribution in [2.75, 3.05) is 12.0 Å². The van der Waals surface area contributed by atoms with E-state index >= 15 is 0 Å². The number of hydrogen-bond acceptors (Lipinski definition) is 2. The molecule has 0 saturated heterocycles. The topological polar surface area (TPSA) is 20.2 Å². The summed E-state index contributed by atoms with van der Waals surface area (Å²) in [6.07, 6.45) is 5.79. The second kappa shape index (κ2) is 5.23. The average molecular weight is 208 g/mol. The van der Waals surface area contributed by atoms with Crippen molar-refractivity contribution in [3.63, 3.8) is 0 Å². The predicted molar refractivity (Wildman–Crippen MR) is 64.5 cm³/mol. The van der Waals surface area contributed by atoms with Gasteiger partial charge in [-0.2, -0.15) is 11.8 Å². The van der Waals surface area contributed by atoms with Crippen LogP contribution in [0, 0.1) is 0 Å². The maximum atomic E-state index is 9.87. The third kappa shape index (κ3) is 3.99. The highest BCUT2D eigenvalue weighted by molar-refractivity contribution is 7.98. The van der Waals surface area contributed by atoms with Crippen LogP contribution in [0.1, 0.15) is 12.5 Å². The molecule has 0 amide bonds. The van der Waals surface area contributed by atoms with Crippen molar-refractivity contribution in [2.24, 2.45) is 0 Å². The molecule has 0 aliphatic rings. The van der Waals surface area contributed by atoms with Gasteiger partial charge >= 0.3 is 0 Å². The van der Waals surface area contributed by atoms with E-state index in [4.69, 9.17) is 0 Å². The van der Waals surface area contributed by atoms with Crippen LogP contribution < -0.4 is 0 Å². The lowest BCUT2D eigenvalue weighted by Crippen LogP contribution is -2.23. The minimum atomic E-state index is -0.713. The van der Waals surface area contributed by atoms with Gasteiger partial charge in [-0.05, 0) is 18.7 Å². The van der Waals surface area contributed by atoms with Crippen molar-refractivity contribution >= 4 is 17.8 Å². The predicted octanol–water partition coefficient (Wildman–Crippen LogP) is 2.81. The summed E-state index contributed by atoms with van der Waals surface area (Å²) in [7, 11) is 0. The summed E-state index contributed by atoms with van der Waals surface area (Å²) in [5.74, 6) is 0.719. The van der Waals surface area contributed by atoms with E-state index in [1.807, 2.05) is 55.7 Å². The van der Waals surface area contributed by atoms with Crippen LogP contribution in [-0.4, -0.2) is 22.7 Å². The van der Waals surface area contributed by atoms with Gasteiger partial charge in [0.2, 0.25) is 0 Å². The van der Waals surface area contributed by atoms with E-state index < -0.39 is 5.60 Å². The molecule has 2 heteroatoms. The molecule has 1 nitrogen and oxygen atoms in total. The molecule has 0 aromatic heterocycles.